The lowest BCUT2D eigenvalue weighted by Crippen LogP contribution is -2.32. The summed E-state index contributed by atoms with van der Waals surface area (Å²) >= 11 is 0. The van der Waals surface area contributed by atoms with Crippen LogP contribution in [-0.4, -0.2) is 81.2 Å². The van der Waals surface area contributed by atoms with Crippen molar-refractivity contribution in [2.24, 2.45) is 0 Å². The number of β-amino-alcohol motifs (C(OH)–C–C–N with tert-alkyl or cyclic N) is 1. The van der Waals surface area contributed by atoms with E-state index in [0.29, 0.717) is 13.2 Å². The average Bonchev–Trinajstić information content (AvgIpc) is 3.43. The fraction of sp³-hybridized carbons (Fsp3) is 0.486. The van der Waals surface area contributed by atoms with Crippen LogP contribution in [0.2, 0.25) is 0 Å². The summed E-state index contributed by atoms with van der Waals surface area (Å²) in [4.78, 5) is 4.80. The van der Waals surface area contributed by atoms with Crippen LogP contribution in [0.3, 0.4) is 0 Å². The van der Waals surface area contributed by atoms with Crippen molar-refractivity contribution in [1.82, 2.24) is 9.80 Å². The highest BCUT2D eigenvalue weighted by molar-refractivity contribution is 5.74. The second-order valence-corrected chi connectivity index (χ2v) is 11.5. The minimum Gasteiger partial charge on any atom is -0.493 e. The molecular weight excluding hydrogens is 528 g/mol. The van der Waals surface area contributed by atoms with Crippen LogP contribution >= 0.6 is 0 Å². The Balaban J connectivity index is 1.13. The number of rotatable bonds is 13. The lowest BCUT2D eigenvalue weighted by atomic mass is 9.95. The Morgan fingerprint density at radius 2 is 1.31 bits per heavy atom. The van der Waals surface area contributed by atoms with E-state index < -0.39 is 0 Å². The van der Waals surface area contributed by atoms with Gasteiger partial charge in [0.2, 0.25) is 0 Å². The van der Waals surface area contributed by atoms with E-state index in [1.165, 1.54) is 22.3 Å². The Labute approximate surface area is 251 Å². The first kappa shape index (κ1) is 30.2. The molecule has 0 saturated carbocycles. The number of nitrogens with zero attached hydrogens (tertiary/aromatic N) is 2. The quantitative estimate of drug-likeness (QED) is 0.265. The summed E-state index contributed by atoms with van der Waals surface area (Å²) in [6.07, 6.45) is 3.64. The molecular formula is C35H46N2O5. The molecule has 0 bridgehead atoms. The fourth-order valence-corrected chi connectivity index (χ4v) is 6.21. The number of benzene rings is 3. The van der Waals surface area contributed by atoms with Gasteiger partial charge in [-0.2, -0.15) is 0 Å². The van der Waals surface area contributed by atoms with Crippen molar-refractivity contribution >= 4 is 0 Å². The zero-order valence-corrected chi connectivity index (χ0v) is 25.7. The molecule has 3 aromatic carbocycles. The van der Waals surface area contributed by atoms with Crippen LogP contribution < -0.4 is 18.9 Å². The summed E-state index contributed by atoms with van der Waals surface area (Å²) in [7, 11) is 3.38. The van der Waals surface area contributed by atoms with E-state index in [9.17, 15) is 5.11 Å². The van der Waals surface area contributed by atoms with Gasteiger partial charge in [0.05, 0.1) is 33.5 Å². The number of hydrogen-bond donors (Lipinski definition) is 1. The van der Waals surface area contributed by atoms with Gasteiger partial charge in [-0.1, -0.05) is 24.3 Å². The van der Waals surface area contributed by atoms with Gasteiger partial charge in [0.1, 0.15) is 11.5 Å². The van der Waals surface area contributed by atoms with Gasteiger partial charge in [-0.25, -0.2) is 0 Å². The molecule has 0 aliphatic carbocycles. The molecule has 7 heteroatoms. The van der Waals surface area contributed by atoms with Gasteiger partial charge >= 0.3 is 0 Å². The maximum atomic E-state index is 9.73. The highest BCUT2D eigenvalue weighted by atomic mass is 16.5. The van der Waals surface area contributed by atoms with Crippen molar-refractivity contribution in [2.45, 2.75) is 52.2 Å². The Hall–Kier alpha value is -3.26. The van der Waals surface area contributed by atoms with Gasteiger partial charge in [-0.05, 0) is 97.2 Å². The predicted octanol–water partition coefficient (Wildman–Crippen LogP) is 5.65. The maximum absolute atomic E-state index is 9.73. The first-order chi connectivity index (χ1) is 20.5. The molecule has 2 aliphatic rings. The van der Waals surface area contributed by atoms with Crippen molar-refractivity contribution in [2.75, 3.05) is 60.2 Å². The molecule has 226 valence electrons. The van der Waals surface area contributed by atoms with E-state index in [-0.39, 0.29) is 6.10 Å². The third-order valence-electron chi connectivity index (χ3n) is 8.66. The van der Waals surface area contributed by atoms with E-state index in [4.69, 9.17) is 18.9 Å². The molecule has 0 aromatic heterocycles. The van der Waals surface area contributed by atoms with Crippen molar-refractivity contribution in [3.05, 3.63) is 70.8 Å². The molecule has 1 saturated heterocycles. The lowest BCUT2D eigenvalue weighted by molar-refractivity contribution is 0.173. The number of fused-ring (bicyclic) bond motifs is 1. The molecule has 0 spiro atoms. The Morgan fingerprint density at radius 1 is 0.738 bits per heavy atom. The molecule has 3 aromatic rings. The third-order valence-corrected chi connectivity index (χ3v) is 8.66. The second-order valence-electron chi connectivity index (χ2n) is 11.5. The summed E-state index contributed by atoms with van der Waals surface area (Å²) in [5.41, 5.74) is 7.32. The van der Waals surface area contributed by atoms with E-state index >= 15 is 0 Å². The van der Waals surface area contributed by atoms with Crippen molar-refractivity contribution in [3.63, 3.8) is 0 Å². The molecule has 1 fully saturated rings. The van der Waals surface area contributed by atoms with Crippen molar-refractivity contribution in [1.29, 1.82) is 0 Å². The normalized spacial score (nSPS) is 17.2. The first-order valence-corrected chi connectivity index (χ1v) is 15.3. The molecule has 7 nitrogen and oxygen atoms in total. The van der Waals surface area contributed by atoms with Gasteiger partial charge in [0, 0.05) is 39.3 Å². The number of ether oxygens (including phenoxy) is 4. The fourth-order valence-electron chi connectivity index (χ4n) is 6.21. The summed E-state index contributed by atoms with van der Waals surface area (Å²) < 4.78 is 23.5. The SMILES string of the molecule is COc1cc2c(cc1OC)CN(CCCOc1cccc(-c3cccc(OCCCN4CCC(O)C4)c3C)c1C)CC2. The number of aliphatic hydroxyl groups excluding tert-OH is 1. The predicted molar refractivity (Wildman–Crippen MR) is 167 cm³/mol. The van der Waals surface area contributed by atoms with Crippen LogP contribution in [0.4, 0.5) is 0 Å². The summed E-state index contributed by atoms with van der Waals surface area (Å²) in [6, 6.07) is 16.9. The minimum absolute atomic E-state index is 0.170. The van der Waals surface area contributed by atoms with Gasteiger partial charge in [-0.3, -0.25) is 4.90 Å². The zero-order valence-electron chi connectivity index (χ0n) is 25.7. The van der Waals surface area contributed by atoms with Crippen LogP contribution in [0, 0.1) is 13.8 Å². The van der Waals surface area contributed by atoms with Gasteiger partial charge in [0.25, 0.3) is 0 Å². The monoisotopic (exact) mass is 574 g/mol. The lowest BCUT2D eigenvalue weighted by Gasteiger charge is -2.29. The largest absolute Gasteiger partial charge is 0.493 e. The van der Waals surface area contributed by atoms with Crippen LogP contribution in [0.1, 0.15) is 41.5 Å². The molecule has 1 unspecified atom stereocenters. The zero-order chi connectivity index (χ0) is 29.5. The molecule has 2 heterocycles. The molecule has 5 rings (SSSR count). The smallest absolute Gasteiger partial charge is 0.161 e. The standard InChI is InChI=1S/C35H46N2O5/c1-25-30(31-10-6-12-33(26(31)2)42-20-8-16-37-18-14-29(38)24-37)9-5-11-32(25)41-19-7-15-36-17-13-27-21-34(39-3)35(40-4)22-28(27)23-36/h5-6,9-12,21-22,29,38H,7-8,13-20,23-24H2,1-4H3. The first-order valence-electron chi connectivity index (χ1n) is 15.3. The Morgan fingerprint density at radius 3 is 1.86 bits per heavy atom. The Kier molecular flexibility index (Phi) is 10.3. The van der Waals surface area contributed by atoms with Gasteiger partial charge in [-0.15, -0.1) is 0 Å². The number of hydrogen-bond acceptors (Lipinski definition) is 7. The number of aliphatic hydroxyl groups is 1. The summed E-state index contributed by atoms with van der Waals surface area (Å²) in [6.45, 7) is 11.3. The van der Waals surface area contributed by atoms with Crippen LogP contribution in [0.15, 0.2) is 48.5 Å². The molecule has 0 radical (unpaired) electrons. The minimum atomic E-state index is -0.170. The average molecular weight is 575 g/mol. The highest BCUT2D eigenvalue weighted by Gasteiger charge is 2.21. The van der Waals surface area contributed by atoms with E-state index in [2.05, 4.69) is 72.2 Å². The molecule has 1 N–H and O–H groups in total. The molecule has 42 heavy (non-hydrogen) atoms. The Bertz CT molecular complexity index is 1340. The molecule has 1 atom stereocenters. The van der Waals surface area contributed by atoms with Crippen molar-refractivity contribution in [3.8, 4) is 34.1 Å². The summed E-state index contributed by atoms with van der Waals surface area (Å²) in [5, 5.41) is 9.73. The third kappa shape index (κ3) is 7.20. The maximum Gasteiger partial charge on any atom is 0.161 e. The number of likely N-dealkylation sites (tertiary alicyclic amines) is 1. The topological polar surface area (TPSA) is 63.6 Å². The summed E-state index contributed by atoms with van der Waals surface area (Å²) in [5.74, 6) is 3.47. The molecule has 0 amide bonds. The van der Waals surface area contributed by atoms with E-state index in [1.54, 1.807) is 14.2 Å². The van der Waals surface area contributed by atoms with Crippen LogP contribution in [0.25, 0.3) is 11.1 Å². The van der Waals surface area contributed by atoms with Crippen LogP contribution in [0.5, 0.6) is 23.0 Å². The van der Waals surface area contributed by atoms with Gasteiger partial charge < -0.3 is 29.0 Å². The van der Waals surface area contributed by atoms with Crippen LogP contribution in [-0.2, 0) is 13.0 Å². The molecule has 2 aliphatic heterocycles. The van der Waals surface area contributed by atoms with E-state index in [0.717, 1.165) is 99.1 Å². The van der Waals surface area contributed by atoms with Crippen molar-refractivity contribution < 1.29 is 24.1 Å². The van der Waals surface area contributed by atoms with Gasteiger partial charge in [0.15, 0.2) is 11.5 Å². The number of methoxy groups -OCH3 is 2. The van der Waals surface area contributed by atoms with E-state index in [1.807, 2.05) is 0 Å². The second kappa shape index (κ2) is 14.3. The highest BCUT2D eigenvalue weighted by Crippen LogP contribution is 2.36.